The highest BCUT2D eigenvalue weighted by molar-refractivity contribution is 9.10. The van der Waals surface area contributed by atoms with Crippen molar-refractivity contribution < 1.29 is 13.9 Å². The van der Waals surface area contributed by atoms with E-state index < -0.39 is 11.4 Å². The fraction of sp³-hybridized carbons (Fsp3) is 0.115. The molecular formula is C26H17BrN4O4S. The minimum atomic E-state index is -0.752. The van der Waals surface area contributed by atoms with Crippen LogP contribution in [0, 0.1) is 22.7 Å². The van der Waals surface area contributed by atoms with Gasteiger partial charge in [-0.3, -0.25) is 4.79 Å². The average molecular weight is 561 g/mol. The topological polar surface area (TPSA) is 143 Å². The number of fused-ring (bicyclic) bond motifs is 1. The lowest BCUT2D eigenvalue weighted by Gasteiger charge is -2.13. The number of ether oxygens (including phenoxy) is 1. The van der Waals surface area contributed by atoms with Crippen LogP contribution in [0.5, 0.6) is 5.75 Å². The summed E-state index contributed by atoms with van der Waals surface area (Å²) in [6, 6.07) is 17.6. The Balaban J connectivity index is 1.70. The van der Waals surface area contributed by atoms with Crippen molar-refractivity contribution in [1.29, 1.82) is 10.5 Å². The molecule has 36 heavy (non-hydrogen) atoms. The monoisotopic (exact) mass is 560 g/mol. The largest absolute Gasteiger partial charge is 0.494 e. The van der Waals surface area contributed by atoms with Crippen molar-refractivity contribution in [1.82, 2.24) is 4.98 Å². The minimum Gasteiger partial charge on any atom is -0.494 e. The summed E-state index contributed by atoms with van der Waals surface area (Å²) in [7, 11) is 0. The predicted octanol–water partition coefficient (Wildman–Crippen LogP) is 5.32. The molecule has 2 aromatic heterocycles. The summed E-state index contributed by atoms with van der Waals surface area (Å²) in [5.41, 5.74) is 6.62. The zero-order valence-corrected chi connectivity index (χ0v) is 21.3. The summed E-state index contributed by atoms with van der Waals surface area (Å²) in [6.07, 6.45) is 0. The van der Waals surface area contributed by atoms with Crippen LogP contribution in [0.3, 0.4) is 0 Å². The third-order valence-corrected chi connectivity index (χ3v) is 6.67. The Morgan fingerprint density at radius 1 is 1.14 bits per heavy atom. The number of halogens is 1. The second kappa shape index (κ2) is 10.6. The van der Waals surface area contributed by atoms with Crippen molar-refractivity contribution in [2.75, 3.05) is 18.1 Å². The first-order valence-corrected chi connectivity index (χ1v) is 12.4. The molecule has 0 saturated carbocycles. The van der Waals surface area contributed by atoms with Gasteiger partial charge in [0.25, 0.3) is 0 Å². The molecule has 0 saturated heterocycles. The number of Topliss-reactive ketones (excluding diaryl/α,β-unsaturated/α-hetero) is 1. The number of carbonyl (C=O) groups is 1. The van der Waals surface area contributed by atoms with Crippen LogP contribution in [-0.4, -0.2) is 23.1 Å². The van der Waals surface area contributed by atoms with Gasteiger partial charge in [0.15, 0.2) is 5.78 Å². The van der Waals surface area contributed by atoms with Crippen LogP contribution in [0.1, 0.15) is 28.4 Å². The van der Waals surface area contributed by atoms with Crippen LogP contribution in [0.25, 0.3) is 22.1 Å². The van der Waals surface area contributed by atoms with E-state index in [1.54, 1.807) is 42.5 Å². The predicted molar refractivity (Wildman–Crippen MR) is 140 cm³/mol. The molecule has 2 heterocycles. The van der Waals surface area contributed by atoms with Crippen molar-refractivity contribution in [3.05, 3.63) is 80.1 Å². The van der Waals surface area contributed by atoms with Crippen LogP contribution < -0.4 is 16.1 Å². The molecule has 0 atom stereocenters. The van der Waals surface area contributed by atoms with Gasteiger partial charge in [0.05, 0.1) is 17.9 Å². The standard InChI is InChI=1S/C26H17BrN4O4S/c1-2-34-17-6-3-14(4-7-17)23-19(11-28)24(30)31-25(20(23)12-29)36-13-21(32)18-10-15-9-16(27)5-8-22(15)35-26(18)33/h3-10H,2,13H2,1H3,(H2,30,31). The minimum absolute atomic E-state index is 0.0622. The van der Waals surface area contributed by atoms with Crippen molar-refractivity contribution in [2.24, 2.45) is 0 Å². The van der Waals surface area contributed by atoms with Crippen molar-refractivity contribution >= 4 is 50.3 Å². The van der Waals surface area contributed by atoms with Gasteiger partial charge in [0, 0.05) is 15.4 Å². The summed E-state index contributed by atoms with van der Waals surface area (Å²) in [4.78, 5) is 29.5. The number of hydrogen-bond donors (Lipinski definition) is 1. The van der Waals surface area contributed by atoms with Gasteiger partial charge in [0.1, 0.15) is 45.4 Å². The normalized spacial score (nSPS) is 10.6. The summed E-state index contributed by atoms with van der Waals surface area (Å²) in [6.45, 7) is 2.36. The van der Waals surface area contributed by atoms with Crippen LogP contribution in [0.15, 0.2) is 67.2 Å². The Labute approximate surface area is 218 Å². The number of nitrogen functional groups attached to an aromatic ring is 1. The summed E-state index contributed by atoms with van der Waals surface area (Å²) in [5, 5.41) is 20.4. The number of nitrogens with two attached hydrogens (primary N) is 1. The van der Waals surface area contributed by atoms with Gasteiger partial charge in [-0.15, -0.1) is 0 Å². The highest BCUT2D eigenvalue weighted by atomic mass is 79.9. The smallest absolute Gasteiger partial charge is 0.347 e. The van der Waals surface area contributed by atoms with Gasteiger partial charge in [0.2, 0.25) is 0 Å². The first-order valence-electron chi connectivity index (χ1n) is 10.6. The van der Waals surface area contributed by atoms with Gasteiger partial charge in [-0.1, -0.05) is 39.8 Å². The van der Waals surface area contributed by atoms with E-state index >= 15 is 0 Å². The lowest BCUT2D eigenvalue weighted by molar-refractivity contribution is 0.101. The molecular weight excluding hydrogens is 544 g/mol. The number of pyridine rings is 1. The molecule has 0 radical (unpaired) electrons. The van der Waals surface area contributed by atoms with Crippen molar-refractivity contribution in [3.63, 3.8) is 0 Å². The first kappa shape index (κ1) is 25.0. The number of anilines is 1. The number of hydrogen-bond acceptors (Lipinski definition) is 9. The number of rotatable bonds is 7. The molecule has 0 fully saturated rings. The van der Waals surface area contributed by atoms with Gasteiger partial charge >= 0.3 is 5.63 Å². The number of carbonyl (C=O) groups excluding carboxylic acids is 1. The van der Waals surface area contributed by atoms with Crippen LogP contribution in [0.2, 0.25) is 0 Å². The molecule has 4 aromatic rings. The van der Waals surface area contributed by atoms with Crippen LogP contribution in [-0.2, 0) is 0 Å². The molecule has 0 amide bonds. The maximum atomic E-state index is 12.9. The first-order chi connectivity index (χ1) is 17.4. The summed E-state index contributed by atoms with van der Waals surface area (Å²) >= 11 is 4.31. The number of nitrogens with zero attached hydrogens (tertiary/aromatic N) is 3. The molecule has 0 aliphatic carbocycles. The Bertz CT molecular complexity index is 1640. The van der Waals surface area contributed by atoms with Crippen LogP contribution in [0.4, 0.5) is 5.82 Å². The zero-order chi connectivity index (χ0) is 25.8. The molecule has 0 unspecified atom stereocenters. The van der Waals surface area contributed by atoms with E-state index in [-0.39, 0.29) is 33.3 Å². The van der Waals surface area contributed by atoms with E-state index in [4.69, 9.17) is 14.9 Å². The quantitative estimate of drug-likeness (QED) is 0.180. The van der Waals surface area contributed by atoms with Crippen molar-refractivity contribution in [2.45, 2.75) is 11.9 Å². The lowest BCUT2D eigenvalue weighted by atomic mass is 9.97. The fourth-order valence-corrected chi connectivity index (χ4v) is 4.83. The van der Waals surface area contributed by atoms with E-state index in [1.807, 2.05) is 13.0 Å². The van der Waals surface area contributed by atoms with Crippen molar-refractivity contribution in [3.8, 4) is 29.0 Å². The van der Waals surface area contributed by atoms with Gasteiger partial charge < -0.3 is 14.9 Å². The van der Waals surface area contributed by atoms with Crippen LogP contribution >= 0.6 is 27.7 Å². The van der Waals surface area contributed by atoms with E-state index in [9.17, 15) is 20.1 Å². The molecule has 2 aromatic carbocycles. The second-order valence-electron chi connectivity index (χ2n) is 7.45. The number of ketones is 1. The summed E-state index contributed by atoms with van der Waals surface area (Å²) in [5.74, 6) is -0.112. The number of aromatic nitrogens is 1. The SMILES string of the molecule is CCOc1ccc(-c2c(C#N)c(N)nc(SCC(=O)c3cc4cc(Br)ccc4oc3=O)c2C#N)cc1. The molecule has 0 aliphatic rings. The Morgan fingerprint density at radius 3 is 2.53 bits per heavy atom. The molecule has 0 spiro atoms. The van der Waals surface area contributed by atoms with Gasteiger partial charge in [-0.2, -0.15) is 10.5 Å². The number of nitriles is 2. The molecule has 0 aliphatic heterocycles. The van der Waals surface area contributed by atoms with Gasteiger partial charge in [-0.25, -0.2) is 9.78 Å². The summed E-state index contributed by atoms with van der Waals surface area (Å²) < 4.78 is 11.5. The van der Waals surface area contributed by atoms with Gasteiger partial charge in [-0.05, 0) is 48.9 Å². The van der Waals surface area contributed by atoms with E-state index in [1.165, 1.54) is 6.07 Å². The Morgan fingerprint density at radius 2 is 1.86 bits per heavy atom. The second-order valence-corrected chi connectivity index (χ2v) is 9.33. The third-order valence-electron chi connectivity index (χ3n) is 5.20. The number of thioether (sulfide) groups is 1. The van der Waals surface area contributed by atoms with E-state index in [2.05, 4.69) is 27.0 Å². The third kappa shape index (κ3) is 4.96. The number of benzene rings is 2. The maximum absolute atomic E-state index is 12.9. The molecule has 8 nitrogen and oxygen atoms in total. The maximum Gasteiger partial charge on any atom is 0.347 e. The Hall–Kier alpha value is -4.12. The highest BCUT2D eigenvalue weighted by Gasteiger charge is 2.22. The Kier molecular flexibility index (Phi) is 7.39. The molecule has 4 rings (SSSR count). The fourth-order valence-electron chi connectivity index (χ4n) is 3.58. The lowest BCUT2D eigenvalue weighted by Crippen LogP contribution is -2.16. The van der Waals surface area contributed by atoms with E-state index in [0.717, 1.165) is 16.2 Å². The highest BCUT2D eigenvalue weighted by Crippen LogP contribution is 2.36. The molecule has 0 bridgehead atoms. The molecule has 178 valence electrons. The molecule has 10 heteroatoms. The average Bonchev–Trinajstić information content (AvgIpc) is 2.87. The zero-order valence-electron chi connectivity index (χ0n) is 18.9. The molecule has 2 N–H and O–H groups in total. The van der Waals surface area contributed by atoms with E-state index in [0.29, 0.717) is 34.5 Å².